The van der Waals surface area contributed by atoms with Crippen molar-refractivity contribution in [2.24, 2.45) is 10.9 Å². The normalized spacial score (nSPS) is 11.3. The Morgan fingerprint density at radius 2 is 2.19 bits per heavy atom. The first-order valence-electron chi connectivity index (χ1n) is 7.33. The Morgan fingerprint density at radius 3 is 2.81 bits per heavy atom. The molecule has 122 valence electrons. The van der Waals surface area contributed by atoms with Crippen molar-refractivity contribution in [2.45, 2.75) is 33.7 Å². The molecule has 0 spiro atoms. The maximum Gasteiger partial charge on any atom is 0.191 e. The van der Waals surface area contributed by atoms with Crippen LogP contribution in [0, 0.1) is 5.92 Å². The zero-order valence-corrected chi connectivity index (χ0v) is 16.4. The van der Waals surface area contributed by atoms with Gasteiger partial charge >= 0.3 is 0 Å². The van der Waals surface area contributed by atoms with Gasteiger partial charge in [0.25, 0.3) is 0 Å². The van der Waals surface area contributed by atoms with Gasteiger partial charge in [0.05, 0.1) is 6.54 Å². The highest BCUT2D eigenvalue weighted by molar-refractivity contribution is 14.0. The smallest absolute Gasteiger partial charge is 0.191 e. The third-order valence-corrected chi connectivity index (χ3v) is 3.29. The van der Waals surface area contributed by atoms with E-state index in [1.807, 2.05) is 0 Å². The number of hydrogen-bond acceptors (Lipinski definition) is 3. The first kappa shape index (κ1) is 20.7. The number of thiophene rings is 1. The SMILES string of the molecule is CCNC(=NCc1ccsc1)NCCCOCC(C)C.I. The van der Waals surface area contributed by atoms with E-state index in [2.05, 4.69) is 53.2 Å². The lowest BCUT2D eigenvalue weighted by atomic mass is 10.2. The summed E-state index contributed by atoms with van der Waals surface area (Å²) < 4.78 is 5.56. The summed E-state index contributed by atoms with van der Waals surface area (Å²) in [6.07, 6.45) is 0.996. The Bertz CT molecular complexity index is 369. The second-order valence-corrected chi connectivity index (χ2v) is 5.86. The number of nitrogens with zero attached hydrogens (tertiary/aromatic N) is 1. The summed E-state index contributed by atoms with van der Waals surface area (Å²) >= 11 is 1.71. The summed E-state index contributed by atoms with van der Waals surface area (Å²) in [6.45, 7) is 10.5. The minimum atomic E-state index is 0. The number of ether oxygens (including phenoxy) is 1. The fourth-order valence-corrected chi connectivity index (χ4v) is 2.25. The van der Waals surface area contributed by atoms with Crippen LogP contribution in [0.2, 0.25) is 0 Å². The fourth-order valence-electron chi connectivity index (χ4n) is 1.59. The molecule has 0 aromatic carbocycles. The largest absolute Gasteiger partial charge is 0.381 e. The van der Waals surface area contributed by atoms with E-state index < -0.39 is 0 Å². The molecule has 0 aliphatic rings. The zero-order chi connectivity index (χ0) is 14.6. The molecule has 6 heteroatoms. The van der Waals surface area contributed by atoms with Crippen LogP contribution in [-0.2, 0) is 11.3 Å². The van der Waals surface area contributed by atoms with E-state index in [-0.39, 0.29) is 24.0 Å². The lowest BCUT2D eigenvalue weighted by molar-refractivity contribution is 0.108. The molecule has 1 heterocycles. The van der Waals surface area contributed by atoms with Crippen LogP contribution in [0.25, 0.3) is 0 Å². The molecule has 0 aliphatic heterocycles. The van der Waals surface area contributed by atoms with Gasteiger partial charge in [-0.2, -0.15) is 11.3 Å². The van der Waals surface area contributed by atoms with Crippen molar-refractivity contribution < 1.29 is 4.74 Å². The second kappa shape index (κ2) is 13.3. The molecule has 1 aromatic rings. The van der Waals surface area contributed by atoms with Gasteiger partial charge in [0.1, 0.15) is 0 Å². The van der Waals surface area contributed by atoms with Gasteiger partial charge in [-0.15, -0.1) is 24.0 Å². The van der Waals surface area contributed by atoms with Gasteiger partial charge in [-0.25, -0.2) is 4.99 Å². The van der Waals surface area contributed by atoms with Gasteiger partial charge in [-0.05, 0) is 41.7 Å². The molecule has 2 N–H and O–H groups in total. The van der Waals surface area contributed by atoms with Gasteiger partial charge in [0.15, 0.2) is 5.96 Å². The third-order valence-electron chi connectivity index (χ3n) is 2.55. The number of hydrogen-bond donors (Lipinski definition) is 2. The van der Waals surface area contributed by atoms with E-state index in [0.29, 0.717) is 5.92 Å². The van der Waals surface area contributed by atoms with Crippen molar-refractivity contribution >= 4 is 41.3 Å². The van der Waals surface area contributed by atoms with E-state index >= 15 is 0 Å². The molecule has 0 saturated carbocycles. The van der Waals surface area contributed by atoms with Crippen molar-refractivity contribution in [1.82, 2.24) is 10.6 Å². The van der Waals surface area contributed by atoms with Crippen LogP contribution in [0.3, 0.4) is 0 Å². The lowest BCUT2D eigenvalue weighted by Crippen LogP contribution is -2.38. The lowest BCUT2D eigenvalue weighted by Gasteiger charge is -2.11. The number of aliphatic imine (C=N–C) groups is 1. The topological polar surface area (TPSA) is 45.7 Å². The second-order valence-electron chi connectivity index (χ2n) is 5.08. The third kappa shape index (κ3) is 11.0. The van der Waals surface area contributed by atoms with Gasteiger partial charge in [0, 0.05) is 26.3 Å². The summed E-state index contributed by atoms with van der Waals surface area (Å²) in [6, 6.07) is 2.11. The molecular formula is C15H28IN3OS. The highest BCUT2D eigenvalue weighted by Gasteiger charge is 1.98. The highest BCUT2D eigenvalue weighted by atomic mass is 127. The maximum absolute atomic E-state index is 5.56. The molecule has 0 amide bonds. The molecule has 0 unspecified atom stereocenters. The summed E-state index contributed by atoms with van der Waals surface area (Å²) in [5.41, 5.74) is 1.26. The Labute approximate surface area is 149 Å². The summed E-state index contributed by atoms with van der Waals surface area (Å²) in [4.78, 5) is 4.56. The highest BCUT2D eigenvalue weighted by Crippen LogP contribution is 2.06. The van der Waals surface area contributed by atoms with Crippen LogP contribution in [0.4, 0.5) is 0 Å². The van der Waals surface area contributed by atoms with Crippen LogP contribution in [0.15, 0.2) is 21.8 Å². The number of nitrogens with one attached hydrogen (secondary N) is 2. The molecule has 0 aliphatic carbocycles. The number of rotatable bonds is 9. The van der Waals surface area contributed by atoms with Gasteiger partial charge < -0.3 is 15.4 Å². The Hall–Kier alpha value is -0.340. The predicted molar refractivity (Wildman–Crippen MR) is 103 cm³/mol. The molecular weight excluding hydrogens is 397 g/mol. The Morgan fingerprint density at radius 1 is 1.38 bits per heavy atom. The van der Waals surface area contributed by atoms with E-state index in [4.69, 9.17) is 4.74 Å². The minimum absolute atomic E-state index is 0. The van der Waals surface area contributed by atoms with Crippen LogP contribution >= 0.6 is 35.3 Å². The number of guanidine groups is 1. The van der Waals surface area contributed by atoms with Crippen molar-refractivity contribution in [3.05, 3.63) is 22.4 Å². The average molecular weight is 425 g/mol. The Kier molecular flexibility index (Phi) is 13.1. The molecule has 0 radical (unpaired) electrons. The molecule has 21 heavy (non-hydrogen) atoms. The van der Waals surface area contributed by atoms with Crippen LogP contribution in [0.1, 0.15) is 32.8 Å². The Balaban J connectivity index is 0.00000400. The number of halogens is 1. The predicted octanol–water partition coefficient (Wildman–Crippen LogP) is 3.48. The van der Waals surface area contributed by atoms with Crippen molar-refractivity contribution in [3.63, 3.8) is 0 Å². The first-order chi connectivity index (χ1) is 9.72. The standard InChI is InChI=1S/C15H27N3OS.HI/c1-4-16-15(18-10-14-6-9-20-12-14)17-7-5-8-19-11-13(2)3;/h6,9,12-13H,4-5,7-8,10-11H2,1-3H3,(H2,16,17,18);1H. The molecule has 1 rings (SSSR count). The van der Waals surface area contributed by atoms with E-state index in [1.54, 1.807) is 11.3 Å². The van der Waals surface area contributed by atoms with E-state index in [9.17, 15) is 0 Å². The van der Waals surface area contributed by atoms with Crippen LogP contribution in [0.5, 0.6) is 0 Å². The molecule has 1 aromatic heterocycles. The van der Waals surface area contributed by atoms with Gasteiger partial charge in [0.2, 0.25) is 0 Å². The van der Waals surface area contributed by atoms with Crippen molar-refractivity contribution in [3.8, 4) is 0 Å². The van der Waals surface area contributed by atoms with Gasteiger partial charge in [-0.3, -0.25) is 0 Å². The molecule has 0 atom stereocenters. The van der Waals surface area contributed by atoms with E-state index in [1.165, 1.54) is 5.56 Å². The summed E-state index contributed by atoms with van der Waals surface area (Å²) in [5, 5.41) is 10.8. The zero-order valence-electron chi connectivity index (χ0n) is 13.2. The van der Waals surface area contributed by atoms with Crippen molar-refractivity contribution in [1.29, 1.82) is 0 Å². The fraction of sp³-hybridized carbons (Fsp3) is 0.667. The first-order valence-corrected chi connectivity index (χ1v) is 8.27. The average Bonchev–Trinajstić information content (AvgIpc) is 2.92. The summed E-state index contributed by atoms with van der Waals surface area (Å²) in [5.74, 6) is 1.48. The minimum Gasteiger partial charge on any atom is -0.381 e. The maximum atomic E-state index is 5.56. The van der Waals surface area contributed by atoms with Crippen LogP contribution < -0.4 is 10.6 Å². The van der Waals surface area contributed by atoms with E-state index in [0.717, 1.165) is 45.2 Å². The van der Waals surface area contributed by atoms with Gasteiger partial charge in [-0.1, -0.05) is 13.8 Å². The molecule has 4 nitrogen and oxygen atoms in total. The molecule has 0 saturated heterocycles. The molecule has 0 fully saturated rings. The van der Waals surface area contributed by atoms with Crippen LogP contribution in [-0.4, -0.2) is 32.3 Å². The monoisotopic (exact) mass is 425 g/mol. The quantitative estimate of drug-likeness (QED) is 0.276. The molecule has 0 bridgehead atoms. The summed E-state index contributed by atoms with van der Waals surface area (Å²) in [7, 11) is 0. The van der Waals surface area contributed by atoms with Crippen molar-refractivity contribution in [2.75, 3.05) is 26.3 Å².